The Bertz CT molecular complexity index is 460. The van der Waals surface area contributed by atoms with E-state index in [1.807, 2.05) is 24.3 Å². The summed E-state index contributed by atoms with van der Waals surface area (Å²) in [5, 5.41) is 2.43. The van der Waals surface area contributed by atoms with Crippen molar-refractivity contribution in [2.75, 3.05) is 6.61 Å². The first-order chi connectivity index (χ1) is 7.40. The van der Waals surface area contributed by atoms with Crippen LogP contribution in [0.3, 0.4) is 0 Å². The molecule has 0 atom stereocenters. The van der Waals surface area contributed by atoms with Crippen molar-refractivity contribution < 1.29 is 4.74 Å². The maximum atomic E-state index is 5.54. The van der Waals surface area contributed by atoms with Gasteiger partial charge in [-0.1, -0.05) is 43.0 Å². The molecule has 0 aliphatic carbocycles. The summed E-state index contributed by atoms with van der Waals surface area (Å²) in [6, 6.07) is 14.3. The number of fused-ring (bicyclic) bond motifs is 1. The fourth-order valence-electron chi connectivity index (χ4n) is 1.50. The number of rotatable bonds is 4. The van der Waals surface area contributed by atoms with Gasteiger partial charge < -0.3 is 4.74 Å². The number of benzene rings is 2. The van der Waals surface area contributed by atoms with E-state index in [2.05, 4.69) is 18.2 Å². The largest absolute Gasteiger partial charge is 0.493 e. The summed E-state index contributed by atoms with van der Waals surface area (Å²) < 4.78 is 5.54. The first-order valence-electron chi connectivity index (χ1n) is 5.05. The SMILES string of the molecule is [CH]=CCCOc1ccc2ccccc2c1. The van der Waals surface area contributed by atoms with E-state index in [0.717, 1.165) is 12.2 Å². The van der Waals surface area contributed by atoms with E-state index in [9.17, 15) is 0 Å². The van der Waals surface area contributed by atoms with Gasteiger partial charge in [-0.3, -0.25) is 0 Å². The lowest BCUT2D eigenvalue weighted by Gasteiger charge is -2.05. The third-order valence-electron chi connectivity index (χ3n) is 2.27. The minimum Gasteiger partial charge on any atom is -0.493 e. The summed E-state index contributed by atoms with van der Waals surface area (Å²) in [4.78, 5) is 0. The Morgan fingerprint density at radius 3 is 2.67 bits per heavy atom. The lowest BCUT2D eigenvalue weighted by molar-refractivity contribution is 0.325. The van der Waals surface area contributed by atoms with Gasteiger partial charge in [0.05, 0.1) is 6.61 Å². The van der Waals surface area contributed by atoms with E-state index >= 15 is 0 Å². The van der Waals surface area contributed by atoms with E-state index in [0.29, 0.717) is 6.61 Å². The number of hydrogen-bond acceptors (Lipinski definition) is 1. The Labute approximate surface area is 90.0 Å². The normalized spacial score (nSPS) is 10.1. The van der Waals surface area contributed by atoms with Gasteiger partial charge in [0, 0.05) is 0 Å². The Morgan fingerprint density at radius 2 is 1.87 bits per heavy atom. The summed E-state index contributed by atoms with van der Waals surface area (Å²) in [6.07, 6.45) is 2.38. The Balaban J connectivity index is 2.19. The molecule has 15 heavy (non-hydrogen) atoms. The molecule has 0 aromatic heterocycles. The van der Waals surface area contributed by atoms with Crippen LogP contribution in [-0.2, 0) is 0 Å². The number of ether oxygens (including phenoxy) is 1. The van der Waals surface area contributed by atoms with Gasteiger partial charge in [0.25, 0.3) is 0 Å². The molecule has 0 unspecified atom stereocenters. The zero-order chi connectivity index (χ0) is 10.5. The fraction of sp³-hybridized carbons (Fsp3) is 0.143. The first kappa shape index (κ1) is 9.78. The van der Waals surface area contributed by atoms with E-state index in [1.54, 1.807) is 6.08 Å². The van der Waals surface area contributed by atoms with Crippen LogP contribution < -0.4 is 4.74 Å². The molecule has 2 aromatic carbocycles. The fourth-order valence-corrected chi connectivity index (χ4v) is 1.50. The smallest absolute Gasteiger partial charge is 0.119 e. The van der Waals surface area contributed by atoms with Crippen LogP contribution in [0.1, 0.15) is 6.42 Å². The van der Waals surface area contributed by atoms with Gasteiger partial charge in [-0.15, -0.1) is 0 Å². The van der Waals surface area contributed by atoms with Crippen molar-refractivity contribution in [2.45, 2.75) is 6.42 Å². The lowest BCUT2D eigenvalue weighted by atomic mass is 10.1. The van der Waals surface area contributed by atoms with Crippen molar-refractivity contribution in [1.29, 1.82) is 0 Å². The quantitative estimate of drug-likeness (QED) is 0.680. The molecule has 0 amide bonds. The average Bonchev–Trinajstić information content (AvgIpc) is 2.29. The molecule has 0 saturated heterocycles. The van der Waals surface area contributed by atoms with Gasteiger partial charge in [-0.05, 0) is 29.3 Å². The van der Waals surface area contributed by atoms with Crippen molar-refractivity contribution in [2.24, 2.45) is 0 Å². The van der Waals surface area contributed by atoms with E-state index in [1.165, 1.54) is 10.8 Å². The molecule has 0 bridgehead atoms. The molecule has 1 heteroatoms. The molecule has 0 N–H and O–H groups in total. The van der Waals surface area contributed by atoms with Crippen LogP contribution in [0, 0.1) is 6.58 Å². The lowest BCUT2D eigenvalue weighted by Crippen LogP contribution is -1.94. The zero-order valence-electron chi connectivity index (χ0n) is 8.52. The topological polar surface area (TPSA) is 9.23 Å². The zero-order valence-corrected chi connectivity index (χ0v) is 8.52. The molecule has 0 saturated carbocycles. The van der Waals surface area contributed by atoms with Gasteiger partial charge in [-0.2, -0.15) is 0 Å². The second kappa shape index (κ2) is 4.65. The third kappa shape index (κ3) is 2.38. The van der Waals surface area contributed by atoms with Crippen molar-refractivity contribution in [3.8, 4) is 5.75 Å². The molecule has 1 nitrogen and oxygen atoms in total. The highest BCUT2D eigenvalue weighted by molar-refractivity contribution is 5.83. The molecule has 1 radical (unpaired) electrons. The van der Waals surface area contributed by atoms with Gasteiger partial charge in [0.15, 0.2) is 0 Å². The minimum absolute atomic E-state index is 0.634. The maximum absolute atomic E-state index is 5.54. The maximum Gasteiger partial charge on any atom is 0.119 e. The van der Waals surface area contributed by atoms with Gasteiger partial charge >= 0.3 is 0 Å². The summed E-state index contributed by atoms with van der Waals surface area (Å²) in [5.74, 6) is 0.899. The highest BCUT2D eigenvalue weighted by atomic mass is 16.5. The van der Waals surface area contributed by atoms with E-state index in [-0.39, 0.29) is 0 Å². The van der Waals surface area contributed by atoms with Crippen LogP contribution in [0.25, 0.3) is 10.8 Å². The van der Waals surface area contributed by atoms with Crippen LogP contribution in [0.5, 0.6) is 5.75 Å². The predicted octanol–water partition coefficient (Wildman–Crippen LogP) is 3.60. The molecule has 2 aromatic rings. The second-order valence-corrected chi connectivity index (χ2v) is 3.38. The average molecular weight is 197 g/mol. The Kier molecular flexibility index (Phi) is 3.03. The molecule has 0 fully saturated rings. The van der Waals surface area contributed by atoms with Gasteiger partial charge in [0.1, 0.15) is 5.75 Å². The van der Waals surface area contributed by atoms with Crippen LogP contribution in [0.15, 0.2) is 48.5 Å². The van der Waals surface area contributed by atoms with Crippen molar-refractivity contribution in [3.63, 3.8) is 0 Å². The summed E-state index contributed by atoms with van der Waals surface area (Å²) in [5.41, 5.74) is 0. The molecular weight excluding hydrogens is 184 g/mol. The molecule has 0 spiro atoms. The van der Waals surface area contributed by atoms with Gasteiger partial charge in [-0.25, -0.2) is 0 Å². The molecule has 2 rings (SSSR count). The Hall–Kier alpha value is -1.76. The van der Waals surface area contributed by atoms with Crippen LogP contribution >= 0.6 is 0 Å². The van der Waals surface area contributed by atoms with Crippen molar-refractivity contribution in [1.82, 2.24) is 0 Å². The summed E-state index contributed by atoms with van der Waals surface area (Å²) in [6.45, 7) is 5.91. The predicted molar refractivity (Wildman–Crippen MR) is 62.9 cm³/mol. The first-order valence-corrected chi connectivity index (χ1v) is 5.05. The molecule has 0 aliphatic rings. The summed E-state index contributed by atoms with van der Waals surface area (Å²) in [7, 11) is 0. The third-order valence-corrected chi connectivity index (χ3v) is 2.27. The highest BCUT2D eigenvalue weighted by Gasteiger charge is 1.95. The monoisotopic (exact) mass is 197 g/mol. The Morgan fingerprint density at radius 1 is 1.07 bits per heavy atom. The van der Waals surface area contributed by atoms with Crippen LogP contribution in [0.2, 0.25) is 0 Å². The minimum atomic E-state index is 0.634. The van der Waals surface area contributed by atoms with Crippen LogP contribution in [0.4, 0.5) is 0 Å². The molecule has 75 valence electrons. The van der Waals surface area contributed by atoms with Crippen LogP contribution in [-0.4, -0.2) is 6.61 Å². The molecule has 0 heterocycles. The number of hydrogen-bond donors (Lipinski definition) is 0. The van der Waals surface area contributed by atoms with E-state index in [4.69, 9.17) is 11.3 Å². The van der Waals surface area contributed by atoms with E-state index < -0.39 is 0 Å². The standard InChI is InChI=1S/C14H13O/c1-2-3-10-15-14-9-8-12-6-4-5-7-13(12)11-14/h1-2,4-9,11H,3,10H2. The summed E-state index contributed by atoms with van der Waals surface area (Å²) >= 11 is 0. The van der Waals surface area contributed by atoms with Crippen molar-refractivity contribution >= 4 is 10.8 Å². The highest BCUT2D eigenvalue weighted by Crippen LogP contribution is 2.20. The molecule has 0 aliphatic heterocycles. The second-order valence-electron chi connectivity index (χ2n) is 3.38. The van der Waals surface area contributed by atoms with Gasteiger partial charge in [0.2, 0.25) is 0 Å². The molecular formula is C14H13O. The van der Waals surface area contributed by atoms with Crippen molar-refractivity contribution in [3.05, 3.63) is 55.1 Å².